The molecular formula is C13H17N3. The molecule has 0 spiro atoms. The monoisotopic (exact) mass is 215 g/mol. The van der Waals surface area contributed by atoms with Crippen molar-refractivity contribution < 1.29 is 0 Å². The molecule has 16 heavy (non-hydrogen) atoms. The van der Waals surface area contributed by atoms with Crippen LogP contribution in [0.1, 0.15) is 38.7 Å². The first-order valence-electron chi connectivity index (χ1n) is 5.87. The summed E-state index contributed by atoms with van der Waals surface area (Å²) in [6, 6.07) is 6.85. The summed E-state index contributed by atoms with van der Waals surface area (Å²) in [7, 11) is 0. The third kappa shape index (κ3) is 1.88. The Morgan fingerprint density at radius 1 is 1.38 bits per heavy atom. The predicted molar refractivity (Wildman–Crippen MR) is 64.2 cm³/mol. The molecule has 0 aliphatic carbocycles. The van der Waals surface area contributed by atoms with E-state index in [0.29, 0.717) is 17.6 Å². The van der Waals surface area contributed by atoms with Gasteiger partial charge in [0.25, 0.3) is 0 Å². The number of pyridine rings is 1. The van der Waals surface area contributed by atoms with Gasteiger partial charge in [0.1, 0.15) is 11.9 Å². The first kappa shape index (κ1) is 10.9. The van der Waals surface area contributed by atoms with Crippen molar-refractivity contribution in [2.45, 2.75) is 45.2 Å². The highest BCUT2D eigenvalue weighted by Gasteiger charge is 2.27. The van der Waals surface area contributed by atoms with Gasteiger partial charge in [-0.1, -0.05) is 0 Å². The molecule has 1 aromatic heterocycles. The summed E-state index contributed by atoms with van der Waals surface area (Å²) in [6.45, 7) is 4.43. The van der Waals surface area contributed by atoms with E-state index in [1.165, 1.54) is 19.3 Å². The van der Waals surface area contributed by atoms with E-state index < -0.39 is 0 Å². The van der Waals surface area contributed by atoms with Gasteiger partial charge in [0.05, 0.1) is 5.56 Å². The fourth-order valence-electron chi connectivity index (χ4n) is 2.53. The van der Waals surface area contributed by atoms with Gasteiger partial charge in [0.2, 0.25) is 0 Å². The van der Waals surface area contributed by atoms with Crippen LogP contribution in [0.3, 0.4) is 0 Å². The number of aromatic nitrogens is 1. The van der Waals surface area contributed by atoms with Crippen molar-refractivity contribution in [3.8, 4) is 6.07 Å². The number of hydrogen-bond acceptors (Lipinski definition) is 3. The SMILES string of the molecule is CC1CCCC(C)N1c1ncccc1C#N. The molecule has 2 rings (SSSR count). The summed E-state index contributed by atoms with van der Waals surface area (Å²) in [5.41, 5.74) is 0.683. The van der Waals surface area contributed by atoms with Crippen LogP contribution in [-0.2, 0) is 0 Å². The van der Waals surface area contributed by atoms with Crippen molar-refractivity contribution in [2.24, 2.45) is 0 Å². The topological polar surface area (TPSA) is 39.9 Å². The van der Waals surface area contributed by atoms with Gasteiger partial charge in [0, 0.05) is 18.3 Å². The van der Waals surface area contributed by atoms with E-state index in [9.17, 15) is 0 Å². The van der Waals surface area contributed by atoms with E-state index in [2.05, 4.69) is 29.8 Å². The third-order valence-electron chi connectivity index (χ3n) is 3.35. The van der Waals surface area contributed by atoms with Gasteiger partial charge in [-0.15, -0.1) is 0 Å². The van der Waals surface area contributed by atoms with Crippen LogP contribution in [0.2, 0.25) is 0 Å². The molecule has 2 unspecified atom stereocenters. The molecule has 3 nitrogen and oxygen atoms in total. The molecule has 3 heteroatoms. The first-order valence-corrected chi connectivity index (χ1v) is 5.87. The lowest BCUT2D eigenvalue weighted by atomic mass is 9.97. The maximum atomic E-state index is 9.10. The lowest BCUT2D eigenvalue weighted by Gasteiger charge is -2.40. The molecule has 84 valence electrons. The van der Waals surface area contributed by atoms with Gasteiger partial charge in [-0.2, -0.15) is 5.26 Å². The second kappa shape index (κ2) is 4.52. The number of anilines is 1. The summed E-state index contributed by atoms with van der Waals surface area (Å²) in [5, 5.41) is 9.10. The van der Waals surface area contributed by atoms with Crippen LogP contribution in [0.5, 0.6) is 0 Å². The van der Waals surface area contributed by atoms with Gasteiger partial charge >= 0.3 is 0 Å². The van der Waals surface area contributed by atoms with Gasteiger partial charge in [-0.25, -0.2) is 4.98 Å². The van der Waals surface area contributed by atoms with Gasteiger partial charge in [-0.05, 0) is 45.2 Å². The Morgan fingerprint density at radius 3 is 2.69 bits per heavy atom. The molecule has 0 bridgehead atoms. The van der Waals surface area contributed by atoms with Crippen LogP contribution >= 0.6 is 0 Å². The smallest absolute Gasteiger partial charge is 0.146 e. The number of piperidine rings is 1. The lowest BCUT2D eigenvalue weighted by Crippen LogP contribution is -2.44. The average molecular weight is 215 g/mol. The summed E-state index contributed by atoms with van der Waals surface area (Å²) < 4.78 is 0. The Kier molecular flexibility index (Phi) is 3.09. The van der Waals surface area contributed by atoms with Crippen molar-refractivity contribution in [1.82, 2.24) is 4.98 Å². The van der Waals surface area contributed by atoms with Crippen LogP contribution in [0.4, 0.5) is 5.82 Å². The highest BCUT2D eigenvalue weighted by Crippen LogP contribution is 2.29. The van der Waals surface area contributed by atoms with Gasteiger partial charge in [-0.3, -0.25) is 0 Å². The van der Waals surface area contributed by atoms with Gasteiger partial charge in [0.15, 0.2) is 0 Å². The Hall–Kier alpha value is -1.56. The number of hydrogen-bond donors (Lipinski definition) is 0. The van der Waals surface area contributed by atoms with Crippen LogP contribution < -0.4 is 4.90 Å². The van der Waals surface area contributed by atoms with E-state index in [4.69, 9.17) is 5.26 Å². The average Bonchev–Trinajstić information content (AvgIpc) is 2.29. The molecule has 1 saturated heterocycles. The number of nitrogens with zero attached hydrogens (tertiary/aromatic N) is 3. The first-order chi connectivity index (χ1) is 7.74. The Labute approximate surface area is 96.7 Å². The Morgan fingerprint density at radius 2 is 2.06 bits per heavy atom. The summed E-state index contributed by atoms with van der Waals surface area (Å²) >= 11 is 0. The van der Waals surface area contributed by atoms with Crippen molar-refractivity contribution >= 4 is 5.82 Å². The number of nitriles is 1. The second-order valence-electron chi connectivity index (χ2n) is 4.52. The van der Waals surface area contributed by atoms with Crippen molar-refractivity contribution in [2.75, 3.05) is 4.90 Å². The molecular weight excluding hydrogens is 198 g/mol. The van der Waals surface area contributed by atoms with Crippen LogP contribution in [0.25, 0.3) is 0 Å². The zero-order chi connectivity index (χ0) is 11.5. The summed E-state index contributed by atoms with van der Waals surface area (Å²) in [4.78, 5) is 6.67. The molecule has 1 fully saturated rings. The van der Waals surface area contributed by atoms with Crippen LogP contribution in [0, 0.1) is 11.3 Å². The van der Waals surface area contributed by atoms with E-state index >= 15 is 0 Å². The standard InChI is InChI=1S/C13H17N3/c1-10-5-3-6-11(2)16(10)13-12(9-14)7-4-8-15-13/h4,7-8,10-11H,3,5-6H2,1-2H3. The molecule has 2 heterocycles. The summed E-state index contributed by atoms with van der Waals surface area (Å²) in [6.07, 6.45) is 5.41. The van der Waals surface area contributed by atoms with E-state index in [1.54, 1.807) is 6.20 Å². The van der Waals surface area contributed by atoms with E-state index in [0.717, 1.165) is 5.82 Å². The molecule has 0 aromatic carbocycles. The maximum absolute atomic E-state index is 9.10. The third-order valence-corrected chi connectivity index (χ3v) is 3.35. The fourth-order valence-corrected chi connectivity index (χ4v) is 2.53. The Bertz CT molecular complexity index is 398. The molecule has 1 aliphatic rings. The van der Waals surface area contributed by atoms with Crippen molar-refractivity contribution in [1.29, 1.82) is 5.26 Å². The molecule has 0 amide bonds. The lowest BCUT2D eigenvalue weighted by molar-refractivity contribution is 0.411. The summed E-state index contributed by atoms with van der Waals surface area (Å²) in [5.74, 6) is 0.852. The van der Waals surface area contributed by atoms with Crippen LogP contribution in [-0.4, -0.2) is 17.1 Å². The fraction of sp³-hybridized carbons (Fsp3) is 0.538. The largest absolute Gasteiger partial charge is 0.350 e. The maximum Gasteiger partial charge on any atom is 0.146 e. The minimum atomic E-state index is 0.478. The quantitative estimate of drug-likeness (QED) is 0.723. The molecule has 0 saturated carbocycles. The van der Waals surface area contributed by atoms with Crippen molar-refractivity contribution in [3.05, 3.63) is 23.9 Å². The molecule has 0 radical (unpaired) electrons. The van der Waals surface area contributed by atoms with Crippen LogP contribution in [0.15, 0.2) is 18.3 Å². The Balaban J connectivity index is 2.38. The zero-order valence-corrected chi connectivity index (χ0v) is 9.85. The normalized spacial score (nSPS) is 25.2. The van der Waals surface area contributed by atoms with E-state index in [1.807, 2.05) is 12.1 Å². The molecule has 2 atom stereocenters. The minimum Gasteiger partial charge on any atom is -0.350 e. The minimum absolute atomic E-state index is 0.478. The van der Waals surface area contributed by atoms with E-state index in [-0.39, 0.29) is 0 Å². The molecule has 0 N–H and O–H groups in total. The number of rotatable bonds is 1. The highest BCUT2D eigenvalue weighted by atomic mass is 15.2. The predicted octanol–water partition coefficient (Wildman–Crippen LogP) is 2.72. The highest BCUT2D eigenvalue weighted by molar-refractivity contribution is 5.55. The van der Waals surface area contributed by atoms with Gasteiger partial charge < -0.3 is 4.90 Å². The van der Waals surface area contributed by atoms with Crippen molar-refractivity contribution in [3.63, 3.8) is 0 Å². The molecule has 1 aliphatic heterocycles. The second-order valence-corrected chi connectivity index (χ2v) is 4.52. The zero-order valence-electron chi connectivity index (χ0n) is 9.85. The molecule has 1 aromatic rings.